The Hall–Kier alpha value is -2.31. The predicted molar refractivity (Wildman–Crippen MR) is 77.5 cm³/mol. The molecule has 0 spiro atoms. The number of ether oxygens (including phenoxy) is 1. The molecule has 1 saturated heterocycles. The minimum atomic E-state index is -0.315. The van der Waals surface area contributed by atoms with E-state index in [0.717, 1.165) is 0 Å². The standard InChI is InChI=1S/C14H20N4O3/c1-2-21-14(20)18-7-5-17(6-8-18)13(19)9-12-4-3-11(15)10-16-12/h3-4,10H,2,5-9,15H2,1H3. The van der Waals surface area contributed by atoms with Crippen molar-refractivity contribution >= 4 is 17.7 Å². The number of carbonyl (C=O) groups is 2. The lowest BCUT2D eigenvalue weighted by Gasteiger charge is -2.34. The van der Waals surface area contributed by atoms with Crippen molar-refractivity contribution in [1.82, 2.24) is 14.8 Å². The quantitative estimate of drug-likeness (QED) is 0.876. The third-order valence-corrected chi connectivity index (χ3v) is 3.34. The normalized spacial score (nSPS) is 14.9. The number of amides is 2. The first-order valence-electron chi connectivity index (χ1n) is 7.00. The van der Waals surface area contributed by atoms with Crippen molar-refractivity contribution in [3.63, 3.8) is 0 Å². The van der Waals surface area contributed by atoms with Crippen molar-refractivity contribution in [1.29, 1.82) is 0 Å². The van der Waals surface area contributed by atoms with E-state index in [0.29, 0.717) is 44.2 Å². The summed E-state index contributed by atoms with van der Waals surface area (Å²) in [6.45, 7) is 4.18. The summed E-state index contributed by atoms with van der Waals surface area (Å²) < 4.78 is 4.95. The lowest BCUT2D eigenvalue weighted by Crippen LogP contribution is -2.51. The number of hydrogen-bond donors (Lipinski definition) is 1. The van der Waals surface area contributed by atoms with Gasteiger partial charge in [0.05, 0.1) is 24.9 Å². The van der Waals surface area contributed by atoms with Crippen molar-refractivity contribution in [2.24, 2.45) is 0 Å². The first-order valence-corrected chi connectivity index (χ1v) is 7.00. The van der Waals surface area contributed by atoms with Gasteiger partial charge in [0.25, 0.3) is 0 Å². The molecule has 0 atom stereocenters. The molecule has 114 valence electrons. The average Bonchev–Trinajstić information content (AvgIpc) is 2.50. The van der Waals surface area contributed by atoms with E-state index in [9.17, 15) is 9.59 Å². The maximum absolute atomic E-state index is 12.2. The number of pyridine rings is 1. The monoisotopic (exact) mass is 292 g/mol. The molecule has 1 fully saturated rings. The summed E-state index contributed by atoms with van der Waals surface area (Å²) >= 11 is 0. The van der Waals surface area contributed by atoms with Crippen LogP contribution in [0.5, 0.6) is 0 Å². The number of hydrogen-bond acceptors (Lipinski definition) is 5. The smallest absolute Gasteiger partial charge is 0.409 e. The van der Waals surface area contributed by atoms with Gasteiger partial charge in [-0.05, 0) is 19.1 Å². The molecule has 2 heterocycles. The number of rotatable bonds is 3. The average molecular weight is 292 g/mol. The highest BCUT2D eigenvalue weighted by Crippen LogP contribution is 2.08. The fraction of sp³-hybridized carbons (Fsp3) is 0.500. The SMILES string of the molecule is CCOC(=O)N1CCN(C(=O)Cc2ccc(N)cn2)CC1. The molecule has 2 amide bonds. The van der Waals surface area contributed by atoms with E-state index in [1.807, 2.05) is 0 Å². The first-order chi connectivity index (χ1) is 10.1. The van der Waals surface area contributed by atoms with Crippen molar-refractivity contribution in [2.75, 3.05) is 38.5 Å². The van der Waals surface area contributed by atoms with Crippen LogP contribution in [0, 0.1) is 0 Å². The largest absolute Gasteiger partial charge is 0.450 e. The highest BCUT2D eigenvalue weighted by Gasteiger charge is 2.24. The molecule has 0 unspecified atom stereocenters. The van der Waals surface area contributed by atoms with Gasteiger partial charge in [-0.1, -0.05) is 0 Å². The Balaban J connectivity index is 1.83. The van der Waals surface area contributed by atoms with Crippen molar-refractivity contribution < 1.29 is 14.3 Å². The summed E-state index contributed by atoms with van der Waals surface area (Å²) in [6.07, 6.45) is 1.48. The number of aromatic nitrogens is 1. The molecular weight excluding hydrogens is 272 g/mol. The molecule has 0 aromatic carbocycles. The van der Waals surface area contributed by atoms with Crippen molar-refractivity contribution in [3.8, 4) is 0 Å². The number of nitrogens with zero attached hydrogens (tertiary/aromatic N) is 3. The van der Waals surface area contributed by atoms with Gasteiger partial charge in [0.1, 0.15) is 0 Å². The van der Waals surface area contributed by atoms with Crippen LogP contribution < -0.4 is 5.73 Å². The van der Waals surface area contributed by atoms with Crippen LogP contribution in [0.4, 0.5) is 10.5 Å². The number of anilines is 1. The van der Waals surface area contributed by atoms with E-state index in [1.165, 1.54) is 0 Å². The molecule has 21 heavy (non-hydrogen) atoms. The minimum absolute atomic E-state index is 0.00998. The fourth-order valence-electron chi connectivity index (χ4n) is 2.16. The third-order valence-electron chi connectivity index (χ3n) is 3.34. The Kier molecular flexibility index (Phi) is 4.97. The van der Waals surface area contributed by atoms with Crippen LogP contribution >= 0.6 is 0 Å². The Bertz CT molecular complexity index is 495. The Labute approximate surface area is 123 Å². The van der Waals surface area contributed by atoms with Crippen LogP contribution in [-0.4, -0.2) is 59.6 Å². The summed E-state index contributed by atoms with van der Waals surface area (Å²) in [6, 6.07) is 3.48. The van der Waals surface area contributed by atoms with Gasteiger partial charge in [0.2, 0.25) is 5.91 Å². The third kappa shape index (κ3) is 4.08. The van der Waals surface area contributed by atoms with Crippen LogP contribution in [-0.2, 0) is 16.0 Å². The second kappa shape index (κ2) is 6.92. The lowest BCUT2D eigenvalue weighted by molar-refractivity contribution is -0.132. The molecule has 0 saturated carbocycles. The molecule has 2 rings (SSSR count). The van der Waals surface area contributed by atoms with Gasteiger partial charge in [-0.3, -0.25) is 9.78 Å². The molecule has 1 aromatic heterocycles. The molecule has 7 nitrogen and oxygen atoms in total. The molecule has 0 aliphatic carbocycles. The summed E-state index contributed by atoms with van der Waals surface area (Å²) in [5, 5.41) is 0. The highest BCUT2D eigenvalue weighted by molar-refractivity contribution is 5.79. The molecule has 1 aliphatic rings. The van der Waals surface area contributed by atoms with Crippen LogP contribution in [0.15, 0.2) is 18.3 Å². The van der Waals surface area contributed by atoms with Crippen LogP contribution in [0.2, 0.25) is 0 Å². The zero-order chi connectivity index (χ0) is 15.2. The summed E-state index contributed by atoms with van der Waals surface area (Å²) in [4.78, 5) is 31.2. The van der Waals surface area contributed by atoms with Crippen LogP contribution in [0.25, 0.3) is 0 Å². The van der Waals surface area contributed by atoms with Gasteiger partial charge in [-0.2, -0.15) is 0 Å². The van der Waals surface area contributed by atoms with Crippen LogP contribution in [0.1, 0.15) is 12.6 Å². The zero-order valence-electron chi connectivity index (χ0n) is 12.1. The maximum atomic E-state index is 12.2. The number of piperazine rings is 1. The summed E-state index contributed by atoms with van der Waals surface area (Å²) in [5.74, 6) is 0.00998. The molecular formula is C14H20N4O3. The van der Waals surface area contributed by atoms with E-state index >= 15 is 0 Å². The zero-order valence-corrected chi connectivity index (χ0v) is 12.1. The molecule has 1 aliphatic heterocycles. The maximum Gasteiger partial charge on any atom is 0.409 e. The fourth-order valence-corrected chi connectivity index (χ4v) is 2.16. The highest BCUT2D eigenvalue weighted by atomic mass is 16.6. The molecule has 0 bridgehead atoms. The topological polar surface area (TPSA) is 88.8 Å². The van der Waals surface area contributed by atoms with Gasteiger partial charge in [-0.25, -0.2) is 4.79 Å². The summed E-state index contributed by atoms with van der Waals surface area (Å²) in [5.41, 5.74) is 6.84. The van der Waals surface area contributed by atoms with Gasteiger partial charge >= 0.3 is 6.09 Å². The Morgan fingerprint density at radius 1 is 1.24 bits per heavy atom. The van der Waals surface area contributed by atoms with Gasteiger partial charge in [-0.15, -0.1) is 0 Å². The van der Waals surface area contributed by atoms with Crippen molar-refractivity contribution in [2.45, 2.75) is 13.3 Å². The van der Waals surface area contributed by atoms with E-state index < -0.39 is 0 Å². The van der Waals surface area contributed by atoms with Crippen molar-refractivity contribution in [3.05, 3.63) is 24.0 Å². The van der Waals surface area contributed by atoms with Gasteiger partial charge < -0.3 is 20.3 Å². The molecule has 7 heteroatoms. The number of nitrogen functional groups attached to an aromatic ring is 1. The predicted octanol–water partition coefficient (Wildman–Crippen LogP) is 0.507. The van der Waals surface area contributed by atoms with Gasteiger partial charge in [0.15, 0.2) is 0 Å². The Morgan fingerprint density at radius 3 is 2.48 bits per heavy atom. The first kappa shape index (κ1) is 15.1. The second-order valence-corrected chi connectivity index (χ2v) is 4.83. The van der Waals surface area contributed by atoms with E-state index in [-0.39, 0.29) is 18.4 Å². The number of nitrogens with two attached hydrogens (primary N) is 1. The summed E-state index contributed by atoms with van der Waals surface area (Å²) in [7, 11) is 0. The van der Waals surface area contributed by atoms with E-state index in [4.69, 9.17) is 10.5 Å². The van der Waals surface area contributed by atoms with Gasteiger partial charge in [0, 0.05) is 31.9 Å². The second-order valence-electron chi connectivity index (χ2n) is 4.83. The van der Waals surface area contributed by atoms with Crippen LogP contribution in [0.3, 0.4) is 0 Å². The molecule has 1 aromatic rings. The molecule has 0 radical (unpaired) electrons. The molecule has 2 N–H and O–H groups in total. The number of carbonyl (C=O) groups excluding carboxylic acids is 2. The van der Waals surface area contributed by atoms with E-state index in [2.05, 4.69) is 4.98 Å². The Morgan fingerprint density at radius 2 is 1.90 bits per heavy atom. The minimum Gasteiger partial charge on any atom is -0.450 e. The van der Waals surface area contributed by atoms with E-state index in [1.54, 1.807) is 35.1 Å². The lowest BCUT2D eigenvalue weighted by atomic mass is 10.2.